The van der Waals surface area contributed by atoms with Crippen LogP contribution < -0.4 is 0 Å². The molecule has 0 unspecified atom stereocenters. The third kappa shape index (κ3) is 3.51. The highest BCUT2D eigenvalue weighted by Gasteiger charge is 2.25. The molecule has 1 aliphatic heterocycles. The van der Waals surface area contributed by atoms with Crippen LogP contribution in [-0.4, -0.2) is 45.0 Å². The Labute approximate surface area is 129 Å². The van der Waals surface area contributed by atoms with Crippen LogP contribution in [0.15, 0.2) is 37.1 Å². The summed E-state index contributed by atoms with van der Waals surface area (Å²) in [6.45, 7) is 4.45. The van der Waals surface area contributed by atoms with Gasteiger partial charge in [-0.3, -0.25) is 9.78 Å². The highest BCUT2D eigenvalue weighted by atomic mass is 16.5. The third-order valence-corrected chi connectivity index (χ3v) is 3.85. The number of imidazole rings is 1. The Hall–Kier alpha value is -2.21. The molecule has 0 spiro atoms. The second-order valence-corrected chi connectivity index (χ2v) is 5.48. The number of amides is 1. The maximum Gasteiger partial charge on any atom is 0.224 e. The van der Waals surface area contributed by atoms with Gasteiger partial charge in [-0.15, -0.1) is 0 Å². The Morgan fingerprint density at radius 3 is 3.14 bits per heavy atom. The Bertz CT molecular complexity index is 627. The van der Waals surface area contributed by atoms with Gasteiger partial charge in [-0.25, -0.2) is 4.98 Å². The first kappa shape index (κ1) is 14.7. The first-order valence-electron chi connectivity index (χ1n) is 7.50. The van der Waals surface area contributed by atoms with Gasteiger partial charge in [-0.05, 0) is 24.6 Å². The zero-order valence-electron chi connectivity index (χ0n) is 12.7. The normalized spacial score (nSPS) is 18.4. The van der Waals surface area contributed by atoms with E-state index < -0.39 is 0 Å². The van der Waals surface area contributed by atoms with Crippen LogP contribution in [0.2, 0.25) is 0 Å². The Kier molecular flexibility index (Phi) is 4.48. The summed E-state index contributed by atoms with van der Waals surface area (Å²) < 4.78 is 7.73. The Balaban J connectivity index is 1.59. The monoisotopic (exact) mass is 300 g/mol. The van der Waals surface area contributed by atoms with Crippen molar-refractivity contribution in [2.45, 2.75) is 26.0 Å². The van der Waals surface area contributed by atoms with Gasteiger partial charge in [0.25, 0.3) is 0 Å². The third-order valence-electron chi connectivity index (χ3n) is 3.85. The average molecular weight is 300 g/mol. The lowest BCUT2D eigenvalue weighted by atomic mass is 10.1. The lowest BCUT2D eigenvalue weighted by molar-refractivity contribution is -0.139. The summed E-state index contributed by atoms with van der Waals surface area (Å²) in [4.78, 5) is 22.4. The number of aromatic nitrogens is 3. The van der Waals surface area contributed by atoms with Crippen LogP contribution in [0.25, 0.3) is 0 Å². The number of rotatable bonds is 4. The van der Waals surface area contributed by atoms with Crippen molar-refractivity contribution in [1.29, 1.82) is 0 Å². The zero-order chi connectivity index (χ0) is 15.4. The molecule has 116 valence electrons. The van der Waals surface area contributed by atoms with E-state index in [1.165, 1.54) is 0 Å². The number of nitrogens with zero attached hydrogens (tertiary/aromatic N) is 4. The van der Waals surface area contributed by atoms with Crippen molar-refractivity contribution >= 4 is 5.91 Å². The minimum atomic E-state index is -0.0624. The lowest BCUT2D eigenvalue weighted by Gasteiger charge is -2.33. The second-order valence-electron chi connectivity index (χ2n) is 5.48. The van der Waals surface area contributed by atoms with Gasteiger partial charge in [0.2, 0.25) is 5.91 Å². The van der Waals surface area contributed by atoms with E-state index in [1.807, 2.05) is 34.7 Å². The van der Waals surface area contributed by atoms with Gasteiger partial charge in [0, 0.05) is 43.8 Å². The molecule has 2 aromatic rings. The quantitative estimate of drug-likeness (QED) is 0.860. The van der Waals surface area contributed by atoms with E-state index in [-0.39, 0.29) is 12.0 Å². The largest absolute Gasteiger partial charge is 0.370 e. The van der Waals surface area contributed by atoms with Crippen molar-refractivity contribution < 1.29 is 9.53 Å². The van der Waals surface area contributed by atoms with Crippen LogP contribution in [0.3, 0.4) is 0 Å². The highest BCUT2D eigenvalue weighted by Crippen LogP contribution is 2.22. The summed E-state index contributed by atoms with van der Waals surface area (Å²) in [7, 11) is 0. The number of carbonyl (C=O) groups is 1. The average Bonchev–Trinajstić information content (AvgIpc) is 3.06. The molecular weight excluding hydrogens is 280 g/mol. The topological polar surface area (TPSA) is 60.2 Å². The van der Waals surface area contributed by atoms with E-state index >= 15 is 0 Å². The fourth-order valence-electron chi connectivity index (χ4n) is 2.65. The molecule has 6 nitrogen and oxygen atoms in total. The molecule has 0 radical (unpaired) electrons. The highest BCUT2D eigenvalue weighted by molar-refractivity contribution is 5.76. The first-order valence-corrected chi connectivity index (χ1v) is 7.50. The summed E-state index contributed by atoms with van der Waals surface area (Å²) in [5.74, 6) is 0.160. The van der Waals surface area contributed by atoms with Crippen LogP contribution in [0.4, 0.5) is 0 Å². The second kappa shape index (κ2) is 6.70. The number of carbonyl (C=O) groups excluding carboxylic acids is 1. The summed E-state index contributed by atoms with van der Waals surface area (Å²) in [5, 5.41) is 0. The molecule has 1 saturated heterocycles. The molecule has 0 aromatic carbocycles. The minimum Gasteiger partial charge on any atom is -0.370 e. The predicted molar refractivity (Wildman–Crippen MR) is 81.1 cm³/mol. The van der Waals surface area contributed by atoms with Gasteiger partial charge in [0.15, 0.2) is 0 Å². The van der Waals surface area contributed by atoms with E-state index in [1.54, 1.807) is 18.7 Å². The van der Waals surface area contributed by atoms with E-state index in [2.05, 4.69) is 9.97 Å². The molecule has 2 aromatic heterocycles. The summed E-state index contributed by atoms with van der Waals surface area (Å²) in [6.07, 6.45) is 7.53. The molecule has 1 atom stereocenters. The molecule has 3 rings (SSSR count). The molecule has 0 bridgehead atoms. The molecule has 0 N–H and O–H groups in total. The van der Waals surface area contributed by atoms with Gasteiger partial charge >= 0.3 is 0 Å². The number of ether oxygens (including phenoxy) is 1. The molecule has 1 fully saturated rings. The van der Waals surface area contributed by atoms with Crippen LogP contribution in [0, 0.1) is 6.92 Å². The lowest BCUT2D eigenvalue weighted by Crippen LogP contribution is -2.42. The number of morpholine rings is 1. The molecule has 1 aliphatic rings. The first-order chi connectivity index (χ1) is 10.7. The van der Waals surface area contributed by atoms with Crippen LogP contribution >= 0.6 is 0 Å². The van der Waals surface area contributed by atoms with Gasteiger partial charge in [-0.1, -0.05) is 0 Å². The minimum absolute atomic E-state index is 0.0624. The number of hydrogen-bond acceptors (Lipinski definition) is 4. The fraction of sp³-hybridized carbons (Fsp3) is 0.438. The van der Waals surface area contributed by atoms with Gasteiger partial charge in [0.1, 0.15) is 6.10 Å². The number of hydrogen-bond donors (Lipinski definition) is 0. The van der Waals surface area contributed by atoms with Crippen LogP contribution in [0.1, 0.15) is 23.8 Å². The Morgan fingerprint density at radius 1 is 1.45 bits per heavy atom. The Morgan fingerprint density at radius 2 is 2.36 bits per heavy atom. The number of aryl methyl sites for hydroxylation is 2. The smallest absolute Gasteiger partial charge is 0.224 e. The SMILES string of the molecule is Cc1cc([C@H]2CN(C(=O)CCn3ccnc3)CCO2)ccn1. The summed E-state index contributed by atoms with van der Waals surface area (Å²) in [5.41, 5.74) is 2.05. The van der Waals surface area contributed by atoms with Crippen LogP contribution in [0.5, 0.6) is 0 Å². The summed E-state index contributed by atoms with van der Waals surface area (Å²) >= 11 is 0. The van der Waals surface area contributed by atoms with E-state index in [4.69, 9.17) is 4.74 Å². The molecular formula is C16H20N4O2. The van der Waals surface area contributed by atoms with Crippen LogP contribution in [-0.2, 0) is 16.1 Å². The van der Waals surface area contributed by atoms with E-state index in [0.29, 0.717) is 32.7 Å². The van der Waals surface area contributed by atoms with E-state index in [0.717, 1.165) is 11.3 Å². The van der Waals surface area contributed by atoms with Gasteiger partial charge < -0.3 is 14.2 Å². The van der Waals surface area contributed by atoms with Crippen molar-refractivity contribution in [2.75, 3.05) is 19.7 Å². The van der Waals surface area contributed by atoms with Crippen molar-refractivity contribution in [3.05, 3.63) is 48.3 Å². The van der Waals surface area contributed by atoms with E-state index in [9.17, 15) is 4.79 Å². The molecule has 0 saturated carbocycles. The molecule has 3 heterocycles. The molecule has 1 amide bonds. The fourth-order valence-corrected chi connectivity index (χ4v) is 2.65. The maximum absolute atomic E-state index is 12.4. The zero-order valence-corrected chi connectivity index (χ0v) is 12.7. The molecule has 0 aliphatic carbocycles. The summed E-state index contributed by atoms with van der Waals surface area (Å²) in [6, 6.07) is 3.97. The van der Waals surface area contributed by atoms with Gasteiger partial charge in [-0.2, -0.15) is 0 Å². The van der Waals surface area contributed by atoms with Gasteiger partial charge in [0.05, 0.1) is 19.5 Å². The standard InChI is InChI=1S/C16H20N4O2/c1-13-10-14(2-4-18-13)15-11-20(8-9-22-15)16(21)3-6-19-7-5-17-12-19/h2,4-5,7,10,12,15H,3,6,8-9,11H2,1H3/t15-/m1/s1. The van der Waals surface area contributed by atoms with Crippen molar-refractivity contribution in [3.8, 4) is 0 Å². The molecule has 22 heavy (non-hydrogen) atoms. The van der Waals surface area contributed by atoms with Crippen molar-refractivity contribution in [1.82, 2.24) is 19.4 Å². The maximum atomic E-state index is 12.4. The number of pyridine rings is 1. The van der Waals surface area contributed by atoms with Crippen molar-refractivity contribution in [3.63, 3.8) is 0 Å². The predicted octanol–water partition coefficient (Wildman–Crippen LogP) is 1.58. The molecule has 6 heteroatoms. The van der Waals surface area contributed by atoms with Crippen molar-refractivity contribution in [2.24, 2.45) is 0 Å².